The van der Waals surface area contributed by atoms with Gasteiger partial charge < -0.3 is 15.7 Å². The molecule has 0 fully saturated rings. The van der Waals surface area contributed by atoms with Gasteiger partial charge in [-0.25, -0.2) is 4.79 Å². The number of carbonyl (C=O) groups excluding carboxylic acids is 1. The number of amides is 2. The van der Waals surface area contributed by atoms with Crippen LogP contribution < -0.4 is 10.6 Å². The number of halogens is 1. The normalized spacial score (nSPS) is 19.0. The van der Waals surface area contributed by atoms with Crippen molar-refractivity contribution in [1.29, 1.82) is 0 Å². The molecule has 2 rings (SSSR count). The van der Waals surface area contributed by atoms with Crippen LogP contribution >= 0.6 is 11.6 Å². The van der Waals surface area contributed by atoms with Gasteiger partial charge in [-0.05, 0) is 35.4 Å². The molecule has 0 spiro atoms. The van der Waals surface area contributed by atoms with Crippen molar-refractivity contribution in [2.24, 2.45) is 5.41 Å². The van der Waals surface area contributed by atoms with Crippen LogP contribution in [-0.4, -0.2) is 23.8 Å². The topological polar surface area (TPSA) is 61.4 Å². The number of fused-ring (bicyclic) bond motifs is 1. The number of hydrogen-bond donors (Lipinski definition) is 3. The van der Waals surface area contributed by atoms with E-state index >= 15 is 0 Å². The lowest BCUT2D eigenvalue weighted by molar-refractivity contribution is 0.0649. The number of benzene rings is 1. The van der Waals surface area contributed by atoms with Crippen LogP contribution in [0.3, 0.4) is 0 Å². The largest absolute Gasteiger partial charge is 0.391 e. The van der Waals surface area contributed by atoms with Gasteiger partial charge in [0, 0.05) is 11.6 Å². The Morgan fingerprint density at radius 3 is 2.86 bits per heavy atom. The van der Waals surface area contributed by atoms with Crippen molar-refractivity contribution in [1.82, 2.24) is 10.6 Å². The molecule has 0 aromatic heterocycles. The minimum atomic E-state index is -0.575. The molecule has 0 aliphatic heterocycles. The molecule has 21 heavy (non-hydrogen) atoms. The summed E-state index contributed by atoms with van der Waals surface area (Å²) in [5.74, 6) is 0. The lowest BCUT2D eigenvalue weighted by Crippen LogP contribution is -2.44. The van der Waals surface area contributed by atoms with Crippen LogP contribution in [0.4, 0.5) is 4.79 Å². The quantitative estimate of drug-likeness (QED) is 0.803. The zero-order valence-electron chi connectivity index (χ0n) is 12.7. The highest BCUT2D eigenvalue weighted by Crippen LogP contribution is 2.35. The van der Waals surface area contributed by atoms with Crippen LogP contribution in [0, 0.1) is 5.41 Å². The molecule has 4 nitrogen and oxygen atoms in total. The Labute approximate surface area is 130 Å². The van der Waals surface area contributed by atoms with Crippen LogP contribution in [-0.2, 0) is 6.42 Å². The van der Waals surface area contributed by atoms with E-state index in [-0.39, 0.29) is 24.0 Å². The summed E-state index contributed by atoms with van der Waals surface area (Å²) >= 11 is 6.16. The van der Waals surface area contributed by atoms with Gasteiger partial charge in [0.05, 0.1) is 12.1 Å². The van der Waals surface area contributed by atoms with Crippen LogP contribution in [0.2, 0.25) is 5.02 Å². The van der Waals surface area contributed by atoms with Crippen LogP contribution in [0.25, 0.3) is 0 Å². The highest BCUT2D eigenvalue weighted by molar-refractivity contribution is 6.31. The Balaban J connectivity index is 1.90. The van der Waals surface area contributed by atoms with Gasteiger partial charge in [-0.15, -0.1) is 0 Å². The van der Waals surface area contributed by atoms with E-state index in [1.54, 1.807) is 0 Å². The minimum Gasteiger partial charge on any atom is -0.391 e. The molecule has 3 N–H and O–H groups in total. The lowest BCUT2D eigenvalue weighted by atomic mass is 9.89. The maximum atomic E-state index is 12.0. The molecular formula is C16H23ClN2O2. The second-order valence-corrected chi connectivity index (χ2v) is 7.04. The number of nitrogens with one attached hydrogen (secondary N) is 2. The number of rotatable bonds is 3. The Morgan fingerprint density at radius 1 is 1.48 bits per heavy atom. The van der Waals surface area contributed by atoms with Crippen molar-refractivity contribution in [3.8, 4) is 0 Å². The molecule has 1 aromatic carbocycles. The molecule has 0 heterocycles. The average molecular weight is 311 g/mol. The molecule has 5 heteroatoms. The summed E-state index contributed by atoms with van der Waals surface area (Å²) in [6.45, 7) is 6.05. The zero-order chi connectivity index (χ0) is 15.6. The van der Waals surface area contributed by atoms with Crippen molar-refractivity contribution in [3.05, 3.63) is 34.3 Å². The van der Waals surface area contributed by atoms with Gasteiger partial charge in [0.1, 0.15) is 0 Å². The zero-order valence-corrected chi connectivity index (χ0v) is 13.5. The predicted molar refractivity (Wildman–Crippen MR) is 84.5 cm³/mol. The summed E-state index contributed by atoms with van der Waals surface area (Å²) < 4.78 is 0. The number of aliphatic hydroxyl groups excluding tert-OH is 1. The fraction of sp³-hybridized carbons (Fsp3) is 0.562. The van der Waals surface area contributed by atoms with Gasteiger partial charge in [0.15, 0.2) is 0 Å². The predicted octanol–water partition coefficient (Wildman–Crippen LogP) is 3.03. The molecule has 1 aromatic rings. The molecule has 0 bridgehead atoms. The second-order valence-electron chi connectivity index (χ2n) is 6.64. The summed E-state index contributed by atoms with van der Waals surface area (Å²) in [6, 6.07) is 5.52. The van der Waals surface area contributed by atoms with Crippen molar-refractivity contribution < 1.29 is 9.90 Å². The monoisotopic (exact) mass is 310 g/mol. The highest BCUT2D eigenvalue weighted by atomic mass is 35.5. The minimum absolute atomic E-state index is 0.00882. The number of hydrogen-bond acceptors (Lipinski definition) is 2. The fourth-order valence-electron chi connectivity index (χ4n) is 2.46. The van der Waals surface area contributed by atoms with E-state index in [1.165, 1.54) is 0 Å². The maximum absolute atomic E-state index is 12.0. The summed E-state index contributed by atoms with van der Waals surface area (Å²) in [7, 11) is 0. The Morgan fingerprint density at radius 2 is 2.19 bits per heavy atom. The van der Waals surface area contributed by atoms with Crippen LogP contribution in [0.15, 0.2) is 18.2 Å². The summed E-state index contributed by atoms with van der Waals surface area (Å²) in [5.41, 5.74) is 1.97. The van der Waals surface area contributed by atoms with Crippen molar-refractivity contribution in [2.75, 3.05) is 6.54 Å². The Bertz CT molecular complexity index is 525. The molecular weight excluding hydrogens is 288 g/mol. The number of carbonyl (C=O) groups is 1. The standard InChI is InChI=1S/C16H23ClN2O2/c1-16(2,3)14(20)9-18-15(21)19-13-8-7-10-11(13)5-4-6-12(10)17/h4-6,13-14,20H,7-9H2,1-3H3,(H2,18,19,21). The van der Waals surface area contributed by atoms with E-state index in [4.69, 9.17) is 11.6 Å². The SMILES string of the molecule is CC(C)(C)C(O)CNC(=O)NC1CCc2c(Cl)cccc21. The summed E-state index contributed by atoms with van der Waals surface area (Å²) in [4.78, 5) is 12.0. The summed E-state index contributed by atoms with van der Waals surface area (Å²) in [6.07, 6.45) is 1.16. The third-order valence-electron chi connectivity index (χ3n) is 3.97. The molecule has 1 aliphatic carbocycles. The maximum Gasteiger partial charge on any atom is 0.315 e. The van der Waals surface area contributed by atoms with Crippen molar-refractivity contribution in [2.45, 2.75) is 45.8 Å². The molecule has 116 valence electrons. The summed E-state index contributed by atoms with van der Waals surface area (Å²) in [5, 5.41) is 16.4. The van der Waals surface area contributed by atoms with Gasteiger partial charge in [-0.1, -0.05) is 44.5 Å². The molecule has 2 amide bonds. The van der Waals surface area contributed by atoms with E-state index in [9.17, 15) is 9.90 Å². The lowest BCUT2D eigenvalue weighted by Gasteiger charge is -2.26. The van der Waals surface area contributed by atoms with Gasteiger partial charge >= 0.3 is 6.03 Å². The fourth-order valence-corrected chi connectivity index (χ4v) is 2.74. The molecule has 0 saturated carbocycles. The van der Waals surface area contributed by atoms with E-state index < -0.39 is 6.10 Å². The number of aliphatic hydroxyl groups is 1. The first-order chi connectivity index (χ1) is 9.79. The Kier molecular flexibility index (Phi) is 4.79. The van der Waals surface area contributed by atoms with E-state index in [1.807, 2.05) is 39.0 Å². The van der Waals surface area contributed by atoms with Crippen molar-refractivity contribution >= 4 is 17.6 Å². The second kappa shape index (κ2) is 6.24. The Hall–Kier alpha value is -1.26. The third kappa shape index (κ3) is 3.89. The first-order valence-electron chi connectivity index (χ1n) is 7.28. The van der Waals surface area contributed by atoms with Gasteiger partial charge in [0.2, 0.25) is 0 Å². The van der Waals surface area contributed by atoms with Crippen LogP contribution in [0.1, 0.15) is 44.4 Å². The highest BCUT2D eigenvalue weighted by Gasteiger charge is 2.26. The molecule has 0 saturated heterocycles. The molecule has 1 aliphatic rings. The van der Waals surface area contributed by atoms with E-state index in [2.05, 4.69) is 10.6 Å². The first-order valence-corrected chi connectivity index (χ1v) is 7.66. The molecule has 2 unspecified atom stereocenters. The van der Waals surface area contributed by atoms with Gasteiger partial charge in [-0.2, -0.15) is 0 Å². The van der Waals surface area contributed by atoms with E-state index in [0.29, 0.717) is 0 Å². The van der Waals surface area contributed by atoms with Crippen LogP contribution in [0.5, 0.6) is 0 Å². The van der Waals surface area contributed by atoms with Crippen molar-refractivity contribution in [3.63, 3.8) is 0 Å². The molecule has 0 radical (unpaired) electrons. The van der Waals surface area contributed by atoms with E-state index in [0.717, 1.165) is 29.0 Å². The van der Waals surface area contributed by atoms with Gasteiger partial charge in [-0.3, -0.25) is 0 Å². The average Bonchev–Trinajstić information content (AvgIpc) is 2.79. The third-order valence-corrected chi connectivity index (χ3v) is 4.33. The smallest absolute Gasteiger partial charge is 0.315 e. The first kappa shape index (κ1) is 16.1. The number of urea groups is 1. The molecule has 2 atom stereocenters. The van der Waals surface area contributed by atoms with Gasteiger partial charge in [0.25, 0.3) is 0 Å².